The molecule has 0 radical (unpaired) electrons. The van der Waals surface area contributed by atoms with E-state index >= 15 is 0 Å². The summed E-state index contributed by atoms with van der Waals surface area (Å²) in [6, 6.07) is 4.07. The molecule has 0 aliphatic heterocycles. The molecule has 1 unspecified atom stereocenters. The molecule has 16 heavy (non-hydrogen) atoms. The van der Waals surface area contributed by atoms with E-state index in [-0.39, 0.29) is 5.54 Å². The van der Waals surface area contributed by atoms with Crippen LogP contribution in [-0.2, 0) is 6.54 Å². The molecule has 0 aromatic carbocycles. The Kier molecular flexibility index (Phi) is 4.44. The second kappa shape index (κ2) is 5.41. The van der Waals surface area contributed by atoms with Crippen LogP contribution in [-0.4, -0.2) is 29.0 Å². The van der Waals surface area contributed by atoms with Crippen molar-refractivity contribution in [1.82, 2.24) is 9.88 Å². The molecule has 0 aliphatic carbocycles. The zero-order valence-electron chi connectivity index (χ0n) is 10.8. The Morgan fingerprint density at radius 1 is 1.50 bits per heavy atom. The monoisotopic (exact) mass is 221 g/mol. The number of pyridine rings is 1. The fourth-order valence-corrected chi connectivity index (χ4v) is 1.67. The fraction of sp³-hybridized carbons (Fsp3) is 0.615. The van der Waals surface area contributed by atoms with Gasteiger partial charge >= 0.3 is 0 Å². The third kappa shape index (κ3) is 2.80. The van der Waals surface area contributed by atoms with Gasteiger partial charge in [0.05, 0.1) is 5.69 Å². The van der Waals surface area contributed by atoms with Crippen LogP contribution in [0.15, 0.2) is 18.3 Å². The highest BCUT2D eigenvalue weighted by molar-refractivity contribution is 5.17. The highest BCUT2D eigenvalue weighted by Crippen LogP contribution is 2.19. The third-order valence-electron chi connectivity index (χ3n) is 3.63. The normalized spacial score (nSPS) is 15.1. The van der Waals surface area contributed by atoms with Crippen molar-refractivity contribution >= 4 is 0 Å². The molecule has 1 aromatic rings. The smallest absolute Gasteiger partial charge is 0.0573 e. The Labute approximate surface area is 98.7 Å². The second-order valence-corrected chi connectivity index (χ2v) is 4.68. The first-order chi connectivity index (χ1) is 7.53. The van der Waals surface area contributed by atoms with Crippen LogP contribution in [0.5, 0.6) is 0 Å². The van der Waals surface area contributed by atoms with E-state index in [1.165, 1.54) is 5.56 Å². The highest BCUT2D eigenvalue weighted by atomic mass is 15.2. The maximum Gasteiger partial charge on any atom is 0.0573 e. The summed E-state index contributed by atoms with van der Waals surface area (Å²) < 4.78 is 0. The van der Waals surface area contributed by atoms with Crippen LogP contribution < -0.4 is 5.73 Å². The summed E-state index contributed by atoms with van der Waals surface area (Å²) >= 11 is 0. The van der Waals surface area contributed by atoms with E-state index in [1.54, 1.807) is 0 Å². The predicted molar refractivity (Wildman–Crippen MR) is 68.2 cm³/mol. The molecule has 0 spiro atoms. The van der Waals surface area contributed by atoms with E-state index in [4.69, 9.17) is 5.73 Å². The Morgan fingerprint density at radius 2 is 2.19 bits per heavy atom. The summed E-state index contributed by atoms with van der Waals surface area (Å²) in [6.45, 7) is 8.00. The first kappa shape index (κ1) is 13.1. The highest BCUT2D eigenvalue weighted by Gasteiger charge is 2.25. The van der Waals surface area contributed by atoms with Crippen molar-refractivity contribution in [3.05, 3.63) is 29.6 Å². The molecule has 0 saturated carbocycles. The van der Waals surface area contributed by atoms with Crippen molar-refractivity contribution in [3.63, 3.8) is 0 Å². The summed E-state index contributed by atoms with van der Waals surface area (Å²) in [7, 11) is 2.12. The molecule has 90 valence electrons. The Hall–Kier alpha value is -0.930. The predicted octanol–water partition coefficient (Wildman–Crippen LogP) is 1.95. The van der Waals surface area contributed by atoms with Gasteiger partial charge in [-0.05, 0) is 38.9 Å². The first-order valence-corrected chi connectivity index (χ1v) is 5.85. The van der Waals surface area contributed by atoms with Crippen LogP contribution in [0.2, 0.25) is 0 Å². The van der Waals surface area contributed by atoms with E-state index in [0.29, 0.717) is 6.54 Å². The number of rotatable bonds is 5. The lowest BCUT2D eigenvalue weighted by atomic mass is 9.96. The average Bonchev–Trinajstić information content (AvgIpc) is 2.31. The number of nitrogens with two attached hydrogens (primary N) is 1. The van der Waals surface area contributed by atoms with Crippen LogP contribution in [0, 0.1) is 6.92 Å². The van der Waals surface area contributed by atoms with Gasteiger partial charge < -0.3 is 5.73 Å². The average molecular weight is 221 g/mol. The maximum absolute atomic E-state index is 5.85. The Morgan fingerprint density at radius 3 is 2.69 bits per heavy atom. The van der Waals surface area contributed by atoms with Crippen molar-refractivity contribution in [2.45, 2.75) is 39.3 Å². The summed E-state index contributed by atoms with van der Waals surface area (Å²) in [4.78, 5) is 6.71. The lowest BCUT2D eigenvalue weighted by Gasteiger charge is -2.37. The molecule has 1 rings (SSSR count). The van der Waals surface area contributed by atoms with Crippen LogP contribution in [0.25, 0.3) is 0 Å². The molecule has 1 atom stereocenters. The number of hydrogen-bond acceptors (Lipinski definition) is 3. The molecule has 0 aliphatic rings. The van der Waals surface area contributed by atoms with Crippen LogP contribution in [0.4, 0.5) is 0 Å². The molecule has 0 saturated heterocycles. The number of aryl methyl sites for hydroxylation is 1. The van der Waals surface area contributed by atoms with E-state index in [9.17, 15) is 0 Å². The molecule has 0 amide bonds. The standard InChI is InChI=1S/C13H23N3/c1-5-13(3,10-14)16(4)9-12-11(2)7-6-8-15-12/h6-8H,5,9-10,14H2,1-4H3. The van der Waals surface area contributed by atoms with Gasteiger partial charge in [0.2, 0.25) is 0 Å². The first-order valence-electron chi connectivity index (χ1n) is 5.85. The Bertz CT molecular complexity index is 332. The van der Waals surface area contributed by atoms with Crippen molar-refractivity contribution < 1.29 is 0 Å². The number of hydrogen-bond donors (Lipinski definition) is 1. The van der Waals surface area contributed by atoms with Crippen molar-refractivity contribution in [2.24, 2.45) is 5.73 Å². The van der Waals surface area contributed by atoms with Gasteiger partial charge in [0.15, 0.2) is 0 Å². The minimum Gasteiger partial charge on any atom is -0.329 e. The van der Waals surface area contributed by atoms with Gasteiger partial charge in [0.25, 0.3) is 0 Å². The molecule has 0 fully saturated rings. The van der Waals surface area contributed by atoms with Gasteiger partial charge in [-0.3, -0.25) is 9.88 Å². The number of likely N-dealkylation sites (N-methyl/N-ethyl adjacent to an activating group) is 1. The largest absolute Gasteiger partial charge is 0.329 e. The lowest BCUT2D eigenvalue weighted by Crippen LogP contribution is -2.48. The quantitative estimate of drug-likeness (QED) is 0.826. The van der Waals surface area contributed by atoms with Gasteiger partial charge in [0.1, 0.15) is 0 Å². The number of aromatic nitrogens is 1. The van der Waals surface area contributed by atoms with Crippen molar-refractivity contribution in [2.75, 3.05) is 13.6 Å². The number of nitrogens with zero attached hydrogens (tertiary/aromatic N) is 2. The fourth-order valence-electron chi connectivity index (χ4n) is 1.67. The molecule has 2 N–H and O–H groups in total. The van der Waals surface area contributed by atoms with Crippen LogP contribution >= 0.6 is 0 Å². The molecule has 3 heteroatoms. The second-order valence-electron chi connectivity index (χ2n) is 4.68. The molecule has 1 heterocycles. The minimum absolute atomic E-state index is 0.0595. The topological polar surface area (TPSA) is 42.1 Å². The molecular formula is C13H23N3. The van der Waals surface area contributed by atoms with Crippen LogP contribution in [0.1, 0.15) is 31.5 Å². The van der Waals surface area contributed by atoms with Gasteiger partial charge in [-0.15, -0.1) is 0 Å². The summed E-state index contributed by atoms with van der Waals surface area (Å²) in [5.74, 6) is 0. The molecule has 3 nitrogen and oxygen atoms in total. The SMILES string of the molecule is CCC(C)(CN)N(C)Cc1ncccc1C. The third-order valence-corrected chi connectivity index (χ3v) is 3.63. The van der Waals surface area contributed by atoms with Crippen LogP contribution in [0.3, 0.4) is 0 Å². The summed E-state index contributed by atoms with van der Waals surface area (Å²) in [6.07, 6.45) is 2.90. The maximum atomic E-state index is 5.85. The van der Waals surface area contributed by atoms with Gasteiger partial charge in [-0.25, -0.2) is 0 Å². The zero-order chi connectivity index (χ0) is 12.2. The van der Waals surface area contributed by atoms with E-state index < -0.39 is 0 Å². The van der Waals surface area contributed by atoms with E-state index in [1.807, 2.05) is 12.3 Å². The lowest BCUT2D eigenvalue weighted by molar-refractivity contribution is 0.130. The van der Waals surface area contributed by atoms with Crippen molar-refractivity contribution in [1.29, 1.82) is 0 Å². The van der Waals surface area contributed by atoms with Gasteiger partial charge in [-0.2, -0.15) is 0 Å². The molecule has 1 aromatic heterocycles. The summed E-state index contributed by atoms with van der Waals surface area (Å²) in [5, 5.41) is 0. The summed E-state index contributed by atoms with van der Waals surface area (Å²) in [5.41, 5.74) is 8.29. The van der Waals surface area contributed by atoms with E-state index in [2.05, 4.69) is 43.8 Å². The zero-order valence-corrected chi connectivity index (χ0v) is 10.8. The molecular weight excluding hydrogens is 198 g/mol. The molecule has 0 bridgehead atoms. The van der Waals surface area contributed by atoms with Crippen molar-refractivity contribution in [3.8, 4) is 0 Å². The van der Waals surface area contributed by atoms with Gasteiger partial charge in [-0.1, -0.05) is 13.0 Å². The minimum atomic E-state index is 0.0595. The van der Waals surface area contributed by atoms with Gasteiger partial charge in [0, 0.05) is 24.8 Å². The Balaban J connectivity index is 2.78. The van der Waals surface area contributed by atoms with E-state index in [0.717, 1.165) is 18.7 Å².